The molecule has 0 fully saturated rings. The lowest BCUT2D eigenvalue weighted by atomic mass is 9.98. The minimum absolute atomic E-state index is 0.0317. The maximum Gasteiger partial charge on any atom is 0.258 e. The summed E-state index contributed by atoms with van der Waals surface area (Å²) < 4.78 is 0. The van der Waals surface area contributed by atoms with Gasteiger partial charge in [-0.2, -0.15) is 0 Å². The van der Waals surface area contributed by atoms with Gasteiger partial charge in [0.1, 0.15) is 5.84 Å². The molecule has 0 saturated heterocycles. The predicted octanol–water partition coefficient (Wildman–Crippen LogP) is 4.16. The van der Waals surface area contributed by atoms with Gasteiger partial charge in [-0.1, -0.05) is 54.6 Å². The van der Waals surface area contributed by atoms with Crippen molar-refractivity contribution in [3.63, 3.8) is 0 Å². The zero-order valence-corrected chi connectivity index (χ0v) is 18.8. The molecule has 0 radical (unpaired) electrons. The van der Waals surface area contributed by atoms with Crippen LogP contribution in [0, 0.1) is 5.41 Å². The van der Waals surface area contributed by atoms with E-state index < -0.39 is 0 Å². The van der Waals surface area contributed by atoms with Crippen LogP contribution in [0.5, 0.6) is 0 Å². The fourth-order valence-electron chi connectivity index (χ4n) is 4.27. The van der Waals surface area contributed by atoms with Gasteiger partial charge in [-0.3, -0.25) is 15.0 Å². The molecule has 168 valence electrons. The third-order valence-electron chi connectivity index (χ3n) is 6.08. The normalized spacial score (nSPS) is 12.7. The van der Waals surface area contributed by atoms with E-state index in [2.05, 4.69) is 0 Å². The van der Waals surface area contributed by atoms with Gasteiger partial charge in [-0.05, 0) is 48.6 Å². The monoisotopic (exact) mass is 440 g/mol. The van der Waals surface area contributed by atoms with Crippen molar-refractivity contribution in [1.29, 1.82) is 5.41 Å². The van der Waals surface area contributed by atoms with E-state index in [1.54, 1.807) is 36.2 Å². The molecule has 1 heterocycles. The van der Waals surface area contributed by atoms with Gasteiger partial charge in [0.2, 0.25) is 5.91 Å². The van der Waals surface area contributed by atoms with Gasteiger partial charge in [0, 0.05) is 31.1 Å². The van der Waals surface area contributed by atoms with E-state index >= 15 is 0 Å². The summed E-state index contributed by atoms with van der Waals surface area (Å²) in [5.74, 6) is -0.0311. The van der Waals surface area contributed by atoms with Crippen LogP contribution in [0.4, 0.5) is 11.4 Å². The first-order valence-corrected chi connectivity index (χ1v) is 11.1. The van der Waals surface area contributed by atoms with Crippen LogP contribution in [0.25, 0.3) is 0 Å². The molecule has 0 unspecified atom stereocenters. The number of hydrogen-bond donors (Lipinski definition) is 2. The lowest BCUT2D eigenvalue weighted by Crippen LogP contribution is -2.38. The van der Waals surface area contributed by atoms with Crippen LogP contribution in [0.15, 0.2) is 72.8 Å². The largest absolute Gasteiger partial charge is 0.384 e. The first-order valence-electron chi connectivity index (χ1n) is 11.1. The SMILES string of the molecule is CN(C(=O)c1ccccc1)c1cccc2c1N(C(=O)CCc1ccc(C(=N)N)cc1)CCC2. The molecular weight excluding hydrogens is 412 g/mol. The van der Waals surface area contributed by atoms with E-state index in [0.717, 1.165) is 35.3 Å². The molecular formula is C27H28N4O2. The van der Waals surface area contributed by atoms with E-state index in [1.165, 1.54) is 0 Å². The number of benzene rings is 3. The van der Waals surface area contributed by atoms with Crippen molar-refractivity contribution in [2.24, 2.45) is 5.73 Å². The second-order valence-corrected chi connectivity index (χ2v) is 8.27. The summed E-state index contributed by atoms with van der Waals surface area (Å²) >= 11 is 0. The standard InChI is InChI=1S/C27H28N4O2/c1-30(27(33)22-7-3-2-4-8-22)23-11-5-9-20-10-6-18-31(25(20)23)24(32)17-14-19-12-15-21(16-13-19)26(28)29/h2-5,7-9,11-13,15-16H,6,10,14,17-18H2,1H3,(H3,28,29). The van der Waals surface area contributed by atoms with Gasteiger partial charge >= 0.3 is 0 Å². The number of hydrogen-bond acceptors (Lipinski definition) is 3. The third kappa shape index (κ3) is 4.80. The number of para-hydroxylation sites is 1. The lowest BCUT2D eigenvalue weighted by Gasteiger charge is -2.34. The summed E-state index contributed by atoms with van der Waals surface area (Å²) in [4.78, 5) is 29.9. The Labute approximate surface area is 194 Å². The van der Waals surface area contributed by atoms with Gasteiger partial charge in [0.15, 0.2) is 0 Å². The van der Waals surface area contributed by atoms with E-state index in [9.17, 15) is 9.59 Å². The molecule has 1 aliphatic heterocycles. The molecule has 0 aliphatic carbocycles. The zero-order chi connectivity index (χ0) is 23.4. The minimum Gasteiger partial charge on any atom is -0.384 e. The van der Waals surface area contributed by atoms with Crippen LogP contribution in [-0.2, 0) is 17.6 Å². The first kappa shape index (κ1) is 22.3. The average molecular weight is 441 g/mol. The Hall–Kier alpha value is -3.93. The molecule has 3 aromatic rings. The molecule has 0 bridgehead atoms. The quantitative estimate of drug-likeness (QED) is 0.445. The number of aryl methyl sites for hydroxylation is 2. The van der Waals surface area contributed by atoms with Crippen LogP contribution in [-0.4, -0.2) is 31.2 Å². The molecule has 0 spiro atoms. The Kier molecular flexibility index (Phi) is 6.54. The van der Waals surface area contributed by atoms with Crippen LogP contribution in [0.3, 0.4) is 0 Å². The number of nitrogens with two attached hydrogens (primary N) is 1. The zero-order valence-electron chi connectivity index (χ0n) is 18.8. The van der Waals surface area contributed by atoms with Crippen molar-refractivity contribution in [2.45, 2.75) is 25.7 Å². The predicted molar refractivity (Wildman–Crippen MR) is 132 cm³/mol. The van der Waals surface area contributed by atoms with Crippen LogP contribution >= 0.6 is 0 Å². The van der Waals surface area contributed by atoms with Gasteiger partial charge in [-0.25, -0.2) is 0 Å². The number of rotatable bonds is 6. The van der Waals surface area contributed by atoms with E-state index in [1.807, 2.05) is 53.4 Å². The van der Waals surface area contributed by atoms with Gasteiger partial charge in [-0.15, -0.1) is 0 Å². The number of amides is 2. The van der Waals surface area contributed by atoms with Crippen molar-refractivity contribution in [1.82, 2.24) is 0 Å². The lowest BCUT2D eigenvalue weighted by molar-refractivity contribution is -0.118. The average Bonchev–Trinajstić information content (AvgIpc) is 2.86. The number of nitrogens with one attached hydrogen (secondary N) is 1. The maximum atomic E-state index is 13.3. The first-order chi connectivity index (χ1) is 16.0. The number of nitrogen functional groups attached to an aromatic ring is 1. The fourth-order valence-corrected chi connectivity index (χ4v) is 4.27. The highest BCUT2D eigenvalue weighted by molar-refractivity contribution is 6.09. The van der Waals surface area contributed by atoms with Crippen LogP contribution < -0.4 is 15.5 Å². The molecule has 3 aromatic carbocycles. The van der Waals surface area contributed by atoms with E-state index in [-0.39, 0.29) is 17.6 Å². The number of amidine groups is 1. The van der Waals surface area contributed by atoms with Crippen LogP contribution in [0.2, 0.25) is 0 Å². The smallest absolute Gasteiger partial charge is 0.258 e. The highest BCUT2D eigenvalue weighted by Gasteiger charge is 2.28. The Balaban J connectivity index is 1.55. The van der Waals surface area contributed by atoms with E-state index in [4.69, 9.17) is 11.1 Å². The summed E-state index contributed by atoms with van der Waals surface area (Å²) in [6.07, 6.45) is 2.74. The molecule has 3 N–H and O–H groups in total. The van der Waals surface area contributed by atoms with E-state index in [0.29, 0.717) is 30.5 Å². The summed E-state index contributed by atoms with van der Waals surface area (Å²) in [6.45, 7) is 0.638. The molecule has 4 rings (SSSR count). The van der Waals surface area contributed by atoms with Gasteiger partial charge in [0.05, 0.1) is 11.4 Å². The molecule has 0 aromatic heterocycles. The Morgan fingerprint density at radius 1 is 0.970 bits per heavy atom. The summed E-state index contributed by atoms with van der Waals surface area (Å²) in [7, 11) is 1.76. The molecule has 1 aliphatic rings. The maximum absolute atomic E-state index is 13.3. The molecule has 6 heteroatoms. The number of nitrogens with zero attached hydrogens (tertiary/aromatic N) is 2. The second kappa shape index (κ2) is 9.69. The number of carbonyl (C=O) groups excluding carboxylic acids is 2. The molecule has 0 atom stereocenters. The summed E-state index contributed by atoms with van der Waals surface area (Å²) in [5.41, 5.74) is 10.5. The topological polar surface area (TPSA) is 90.5 Å². The molecule has 33 heavy (non-hydrogen) atoms. The number of anilines is 2. The fraction of sp³-hybridized carbons (Fsp3) is 0.222. The van der Waals surface area contributed by atoms with Crippen molar-refractivity contribution in [3.8, 4) is 0 Å². The van der Waals surface area contributed by atoms with Crippen molar-refractivity contribution < 1.29 is 9.59 Å². The molecule has 6 nitrogen and oxygen atoms in total. The van der Waals surface area contributed by atoms with Gasteiger partial charge in [0.25, 0.3) is 5.91 Å². The summed E-state index contributed by atoms with van der Waals surface area (Å²) in [6, 6.07) is 22.5. The third-order valence-corrected chi connectivity index (χ3v) is 6.08. The van der Waals surface area contributed by atoms with Gasteiger partial charge < -0.3 is 15.5 Å². The number of fused-ring (bicyclic) bond motifs is 1. The second-order valence-electron chi connectivity index (χ2n) is 8.27. The summed E-state index contributed by atoms with van der Waals surface area (Å²) in [5, 5.41) is 7.51. The van der Waals surface area contributed by atoms with Crippen molar-refractivity contribution >= 4 is 29.0 Å². The minimum atomic E-state index is -0.104. The van der Waals surface area contributed by atoms with Crippen molar-refractivity contribution in [3.05, 3.63) is 95.1 Å². The number of carbonyl (C=O) groups is 2. The molecule has 2 amide bonds. The Morgan fingerprint density at radius 2 is 1.70 bits per heavy atom. The van der Waals surface area contributed by atoms with Crippen molar-refractivity contribution in [2.75, 3.05) is 23.4 Å². The highest BCUT2D eigenvalue weighted by atomic mass is 16.2. The Bertz CT molecular complexity index is 1170. The Morgan fingerprint density at radius 3 is 2.39 bits per heavy atom. The highest BCUT2D eigenvalue weighted by Crippen LogP contribution is 2.37. The molecule has 0 saturated carbocycles. The van der Waals surface area contributed by atoms with Crippen LogP contribution in [0.1, 0.15) is 39.9 Å².